The predicted octanol–water partition coefficient (Wildman–Crippen LogP) is 2.61. The van der Waals surface area contributed by atoms with E-state index in [0.717, 1.165) is 25.8 Å². The van der Waals surface area contributed by atoms with Crippen molar-refractivity contribution in [2.45, 2.75) is 38.8 Å². The summed E-state index contributed by atoms with van der Waals surface area (Å²) in [4.78, 5) is 0. The van der Waals surface area contributed by atoms with Gasteiger partial charge in [0.2, 0.25) is 0 Å². The zero-order valence-corrected chi connectivity index (χ0v) is 10.1. The van der Waals surface area contributed by atoms with Gasteiger partial charge in [0.1, 0.15) is 0 Å². The molecule has 0 amide bonds. The fourth-order valence-electron chi connectivity index (χ4n) is 2.17. The fourth-order valence-corrected chi connectivity index (χ4v) is 2.80. The number of hydrogen-bond donors (Lipinski definition) is 1. The molecule has 1 unspecified atom stereocenters. The van der Waals surface area contributed by atoms with Crippen LogP contribution < -0.4 is 0 Å². The number of fused-ring (bicyclic) bond motifs is 1. The minimum absolute atomic E-state index is 0.214. The van der Waals surface area contributed by atoms with Gasteiger partial charge >= 0.3 is 0 Å². The van der Waals surface area contributed by atoms with E-state index in [1.807, 2.05) is 11.8 Å². The van der Waals surface area contributed by atoms with E-state index in [1.54, 1.807) is 0 Å². The molecule has 0 fully saturated rings. The molecule has 0 saturated heterocycles. The van der Waals surface area contributed by atoms with Gasteiger partial charge in [-0.3, -0.25) is 0 Å². The van der Waals surface area contributed by atoms with Crippen LogP contribution in [-0.4, -0.2) is 21.2 Å². The Kier molecular flexibility index (Phi) is 3.76. The lowest BCUT2D eigenvalue weighted by atomic mass is 9.93. The average molecular weight is 225 g/mol. The zero-order valence-electron chi connectivity index (χ0n) is 9.28. The molecule has 0 aliphatic heterocycles. The number of aromatic nitrogens is 1. The second-order valence-electron chi connectivity index (χ2n) is 4.08. The Morgan fingerprint density at radius 1 is 1.53 bits per heavy atom. The highest BCUT2D eigenvalue weighted by atomic mass is 32.2. The number of aliphatic hydroxyl groups excluding tert-OH is 1. The molecule has 3 heteroatoms. The van der Waals surface area contributed by atoms with E-state index in [0.29, 0.717) is 0 Å². The second kappa shape index (κ2) is 5.08. The van der Waals surface area contributed by atoms with Crippen molar-refractivity contribution in [3.05, 3.63) is 23.5 Å². The van der Waals surface area contributed by atoms with Crippen LogP contribution in [0.5, 0.6) is 0 Å². The lowest BCUT2D eigenvalue weighted by Crippen LogP contribution is -2.05. The average Bonchev–Trinajstić information content (AvgIpc) is 2.63. The summed E-state index contributed by atoms with van der Waals surface area (Å²) in [5.41, 5.74) is 2.53. The quantitative estimate of drug-likeness (QED) is 0.797. The zero-order chi connectivity index (χ0) is 10.7. The summed E-state index contributed by atoms with van der Waals surface area (Å²) in [6.07, 6.45) is 7.33. The van der Waals surface area contributed by atoms with Gasteiger partial charge in [0, 0.05) is 30.3 Å². The van der Waals surface area contributed by atoms with Crippen molar-refractivity contribution in [1.82, 2.24) is 4.57 Å². The Bertz CT molecular complexity index is 321. The van der Waals surface area contributed by atoms with Gasteiger partial charge in [-0.15, -0.1) is 0 Å². The van der Waals surface area contributed by atoms with E-state index in [2.05, 4.69) is 23.9 Å². The molecule has 0 bridgehead atoms. The highest BCUT2D eigenvalue weighted by molar-refractivity contribution is 7.99. The summed E-state index contributed by atoms with van der Waals surface area (Å²) in [7, 11) is 0. The van der Waals surface area contributed by atoms with Crippen molar-refractivity contribution >= 4 is 11.8 Å². The van der Waals surface area contributed by atoms with Gasteiger partial charge in [0.25, 0.3) is 0 Å². The maximum Gasteiger partial charge on any atom is 0.0807 e. The maximum atomic E-state index is 9.83. The van der Waals surface area contributed by atoms with Crippen LogP contribution in [0.15, 0.2) is 12.4 Å². The molecular formula is C12H19NOS. The van der Waals surface area contributed by atoms with Crippen molar-refractivity contribution in [3.8, 4) is 0 Å². The van der Waals surface area contributed by atoms with Crippen LogP contribution >= 0.6 is 11.8 Å². The predicted molar refractivity (Wildman–Crippen MR) is 65.3 cm³/mol. The largest absolute Gasteiger partial charge is 0.388 e. The minimum atomic E-state index is -0.214. The van der Waals surface area contributed by atoms with E-state index in [1.165, 1.54) is 22.6 Å². The first-order valence-corrected chi connectivity index (χ1v) is 6.91. The number of hydrogen-bond acceptors (Lipinski definition) is 2. The van der Waals surface area contributed by atoms with E-state index >= 15 is 0 Å². The number of rotatable bonds is 4. The summed E-state index contributed by atoms with van der Waals surface area (Å²) >= 11 is 1.97. The van der Waals surface area contributed by atoms with Crippen molar-refractivity contribution in [2.75, 3.05) is 11.5 Å². The Balaban J connectivity index is 2.01. The molecule has 0 saturated carbocycles. The Morgan fingerprint density at radius 2 is 2.40 bits per heavy atom. The molecule has 1 aliphatic carbocycles. The van der Waals surface area contributed by atoms with Crippen LogP contribution in [0.2, 0.25) is 0 Å². The molecule has 2 nitrogen and oxygen atoms in total. The summed E-state index contributed by atoms with van der Waals surface area (Å²) in [6.45, 7) is 3.26. The molecule has 0 spiro atoms. The third-order valence-electron chi connectivity index (χ3n) is 2.98. The summed E-state index contributed by atoms with van der Waals surface area (Å²) in [6, 6.07) is 0. The lowest BCUT2D eigenvalue weighted by Gasteiger charge is -2.16. The molecule has 1 atom stereocenters. The van der Waals surface area contributed by atoms with Crippen LogP contribution in [0, 0.1) is 0 Å². The molecule has 15 heavy (non-hydrogen) atoms. The summed E-state index contributed by atoms with van der Waals surface area (Å²) in [5.74, 6) is 2.35. The topological polar surface area (TPSA) is 25.2 Å². The van der Waals surface area contributed by atoms with E-state index < -0.39 is 0 Å². The molecule has 1 aromatic rings. The number of nitrogens with zero attached hydrogens (tertiary/aromatic N) is 1. The summed E-state index contributed by atoms with van der Waals surface area (Å²) in [5, 5.41) is 9.83. The first-order valence-electron chi connectivity index (χ1n) is 5.75. The van der Waals surface area contributed by atoms with Crippen LogP contribution in [-0.2, 0) is 13.0 Å². The van der Waals surface area contributed by atoms with Crippen molar-refractivity contribution in [1.29, 1.82) is 0 Å². The molecular weight excluding hydrogens is 206 g/mol. The van der Waals surface area contributed by atoms with Crippen molar-refractivity contribution < 1.29 is 5.11 Å². The third-order valence-corrected chi connectivity index (χ3v) is 3.86. The standard InChI is InChI=1S/C12H19NOS/c1-2-15-7-6-13-8-10-4-3-5-12(14)11(10)9-13/h8-9,12,14H,2-7H2,1H3. The van der Waals surface area contributed by atoms with E-state index in [4.69, 9.17) is 0 Å². The molecule has 1 heterocycles. The van der Waals surface area contributed by atoms with Crippen molar-refractivity contribution in [2.24, 2.45) is 0 Å². The Hall–Kier alpha value is -0.410. The lowest BCUT2D eigenvalue weighted by molar-refractivity contribution is 0.157. The van der Waals surface area contributed by atoms with E-state index in [9.17, 15) is 5.11 Å². The normalized spacial score (nSPS) is 20.3. The van der Waals surface area contributed by atoms with Gasteiger partial charge in [-0.25, -0.2) is 0 Å². The molecule has 1 aromatic heterocycles. The molecule has 84 valence electrons. The number of thioether (sulfide) groups is 1. The summed E-state index contributed by atoms with van der Waals surface area (Å²) < 4.78 is 2.24. The van der Waals surface area contributed by atoms with Crippen LogP contribution in [0.25, 0.3) is 0 Å². The molecule has 1 aliphatic rings. The molecule has 0 radical (unpaired) electrons. The molecule has 2 rings (SSSR count). The van der Waals surface area contributed by atoms with Gasteiger partial charge in [0.15, 0.2) is 0 Å². The van der Waals surface area contributed by atoms with Gasteiger partial charge < -0.3 is 9.67 Å². The first-order chi connectivity index (χ1) is 7.31. The van der Waals surface area contributed by atoms with Crippen LogP contribution in [0.4, 0.5) is 0 Å². The highest BCUT2D eigenvalue weighted by Gasteiger charge is 2.19. The van der Waals surface area contributed by atoms with Crippen LogP contribution in [0.1, 0.15) is 37.0 Å². The highest BCUT2D eigenvalue weighted by Crippen LogP contribution is 2.30. The van der Waals surface area contributed by atoms with Crippen LogP contribution in [0.3, 0.4) is 0 Å². The maximum absolute atomic E-state index is 9.83. The van der Waals surface area contributed by atoms with Gasteiger partial charge in [-0.1, -0.05) is 6.92 Å². The van der Waals surface area contributed by atoms with Gasteiger partial charge in [-0.2, -0.15) is 11.8 Å². The molecule has 0 aromatic carbocycles. The first kappa shape index (κ1) is 11.1. The SMILES string of the molecule is CCSCCn1cc2c(c1)C(O)CCC2. The van der Waals surface area contributed by atoms with Gasteiger partial charge in [0.05, 0.1) is 6.10 Å². The fraction of sp³-hybridized carbons (Fsp3) is 0.667. The van der Waals surface area contributed by atoms with Gasteiger partial charge in [-0.05, 0) is 30.6 Å². The Morgan fingerprint density at radius 3 is 3.13 bits per heavy atom. The smallest absolute Gasteiger partial charge is 0.0807 e. The minimum Gasteiger partial charge on any atom is -0.388 e. The number of aryl methyl sites for hydroxylation is 2. The third kappa shape index (κ3) is 2.58. The number of aliphatic hydroxyl groups is 1. The monoisotopic (exact) mass is 225 g/mol. The van der Waals surface area contributed by atoms with E-state index in [-0.39, 0.29) is 6.10 Å². The Labute approximate surface area is 95.7 Å². The molecule has 1 N–H and O–H groups in total. The van der Waals surface area contributed by atoms with Crippen molar-refractivity contribution in [3.63, 3.8) is 0 Å². The second-order valence-corrected chi connectivity index (χ2v) is 5.48.